The molecule has 0 aromatic heterocycles. The van der Waals surface area contributed by atoms with Gasteiger partial charge in [-0.3, -0.25) is 4.79 Å². The Balaban J connectivity index is 1.95. The molecule has 1 aromatic rings. The van der Waals surface area contributed by atoms with Gasteiger partial charge in [-0.2, -0.15) is 0 Å². The third-order valence-corrected chi connectivity index (χ3v) is 4.94. The van der Waals surface area contributed by atoms with Crippen LogP contribution in [0.5, 0.6) is 5.75 Å². The second kappa shape index (κ2) is 7.22. The van der Waals surface area contributed by atoms with E-state index in [0.717, 1.165) is 18.6 Å². The summed E-state index contributed by atoms with van der Waals surface area (Å²) in [5.74, 6) is 0.676. The molecule has 2 N–H and O–H groups in total. The number of piperidine rings is 1. The minimum atomic E-state index is -0.517. The highest BCUT2D eigenvalue weighted by atomic mass is 16.5. The van der Waals surface area contributed by atoms with Crippen LogP contribution in [0.25, 0.3) is 0 Å². The summed E-state index contributed by atoms with van der Waals surface area (Å²) < 4.78 is 5.86. The van der Waals surface area contributed by atoms with Gasteiger partial charge in [0.25, 0.3) is 5.91 Å². The van der Waals surface area contributed by atoms with Crippen LogP contribution in [-0.4, -0.2) is 29.1 Å². The number of benzene rings is 1. The Kier molecular flexibility index (Phi) is 5.77. The molecule has 1 saturated heterocycles. The van der Waals surface area contributed by atoms with Crippen molar-refractivity contribution in [3.8, 4) is 5.75 Å². The Bertz CT molecular complexity index is 611. The third-order valence-electron chi connectivity index (χ3n) is 4.94. The lowest BCUT2D eigenvalue weighted by Gasteiger charge is -2.46. The van der Waals surface area contributed by atoms with E-state index in [-0.39, 0.29) is 28.4 Å². The van der Waals surface area contributed by atoms with Gasteiger partial charge in [-0.15, -0.1) is 0 Å². The summed E-state index contributed by atoms with van der Waals surface area (Å²) in [5.41, 5.74) is 1.37. The summed E-state index contributed by atoms with van der Waals surface area (Å²) in [5, 5.41) is 6.82. The van der Waals surface area contributed by atoms with Gasteiger partial charge in [-0.05, 0) is 70.6 Å². The minimum absolute atomic E-state index is 0.00653. The third kappa shape index (κ3) is 5.73. The van der Waals surface area contributed by atoms with Crippen molar-refractivity contribution in [2.24, 2.45) is 0 Å². The number of amides is 1. The average molecular weight is 361 g/mol. The normalized spacial score (nSPS) is 21.1. The molecule has 0 spiro atoms. The van der Waals surface area contributed by atoms with Gasteiger partial charge in [0.2, 0.25) is 0 Å². The standard InChI is InChI=1S/C22H36N2O2/c1-15(26-18-11-9-16(10-12-18)20(2,3)4)19(25)23-17-13-21(5,6)24-22(7,8)14-17/h9-12,15,17,24H,13-14H2,1-8H3,(H,23,25)/t15-/m0/s1. The van der Waals surface area contributed by atoms with Crippen molar-refractivity contribution in [1.82, 2.24) is 10.6 Å². The predicted octanol–water partition coefficient (Wildman–Crippen LogP) is 4.18. The lowest BCUT2D eigenvalue weighted by atomic mass is 9.79. The van der Waals surface area contributed by atoms with Crippen molar-refractivity contribution in [2.75, 3.05) is 0 Å². The second-order valence-corrected chi connectivity index (χ2v) is 10.0. The van der Waals surface area contributed by atoms with E-state index in [2.05, 4.69) is 71.2 Å². The van der Waals surface area contributed by atoms with E-state index in [4.69, 9.17) is 4.74 Å². The Morgan fingerprint density at radius 3 is 2.08 bits per heavy atom. The fourth-order valence-electron chi connectivity index (χ4n) is 4.03. The number of hydrogen-bond donors (Lipinski definition) is 2. The van der Waals surface area contributed by atoms with Crippen LogP contribution in [0.3, 0.4) is 0 Å². The van der Waals surface area contributed by atoms with Crippen LogP contribution in [0.4, 0.5) is 0 Å². The van der Waals surface area contributed by atoms with E-state index in [1.54, 1.807) is 0 Å². The van der Waals surface area contributed by atoms with Gasteiger partial charge in [0.05, 0.1) is 0 Å². The zero-order valence-electron chi connectivity index (χ0n) is 17.7. The lowest BCUT2D eigenvalue weighted by Crippen LogP contribution is -2.62. The van der Waals surface area contributed by atoms with Crippen molar-refractivity contribution in [1.29, 1.82) is 0 Å². The van der Waals surface area contributed by atoms with E-state index in [9.17, 15) is 4.79 Å². The molecule has 1 amide bonds. The number of rotatable bonds is 4. The molecule has 1 aliphatic heterocycles. The average Bonchev–Trinajstić information content (AvgIpc) is 2.43. The molecule has 0 unspecified atom stereocenters. The summed E-state index contributed by atoms with van der Waals surface area (Å²) in [4.78, 5) is 12.6. The van der Waals surface area contributed by atoms with Crippen molar-refractivity contribution >= 4 is 5.91 Å². The topological polar surface area (TPSA) is 50.4 Å². The molecule has 0 aliphatic carbocycles. The zero-order chi connectivity index (χ0) is 19.8. The largest absolute Gasteiger partial charge is 0.481 e. The number of carbonyl (C=O) groups excluding carboxylic acids is 1. The first-order chi connectivity index (χ1) is 11.8. The van der Waals surface area contributed by atoms with Crippen molar-refractivity contribution in [3.05, 3.63) is 29.8 Å². The quantitative estimate of drug-likeness (QED) is 0.847. The van der Waals surface area contributed by atoms with E-state index < -0.39 is 6.10 Å². The fraction of sp³-hybridized carbons (Fsp3) is 0.682. The van der Waals surface area contributed by atoms with Crippen LogP contribution in [0.1, 0.15) is 73.8 Å². The van der Waals surface area contributed by atoms with Crippen LogP contribution < -0.4 is 15.4 Å². The van der Waals surface area contributed by atoms with E-state index in [1.807, 2.05) is 19.1 Å². The van der Waals surface area contributed by atoms with Crippen LogP contribution in [0.15, 0.2) is 24.3 Å². The lowest BCUT2D eigenvalue weighted by molar-refractivity contribution is -0.128. The smallest absolute Gasteiger partial charge is 0.260 e. The maximum Gasteiger partial charge on any atom is 0.260 e. The molecular formula is C22H36N2O2. The van der Waals surface area contributed by atoms with Crippen LogP contribution in [-0.2, 0) is 10.2 Å². The van der Waals surface area contributed by atoms with Gasteiger partial charge >= 0.3 is 0 Å². The maximum absolute atomic E-state index is 12.6. The summed E-state index contributed by atoms with van der Waals surface area (Å²) in [7, 11) is 0. The van der Waals surface area contributed by atoms with Gasteiger partial charge in [0.1, 0.15) is 5.75 Å². The van der Waals surface area contributed by atoms with Gasteiger partial charge in [0.15, 0.2) is 6.10 Å². The molecule has 4 heteroatoms. The van der Waals surface area contributed by atoms with Crippen LogP contribution in [0.2, 0.25) is 0 Å². The first-order valence-electron chi connectivity index (χ1n) is 9.64. The number of hydrogen-bond acceptors (Lipinski definition) is 3. The Labute approximate surface area is 159 Å². The molecule has 4 nitrogen and oxygen atoms in total. The van der Waals surface area contributed by atoms with E-state index in [1.165, 1.54) is 5.56 Å². The molecule has 26 heavy (non-hydrogen) atoms. The van der Waals surface area contributed by atoms with Gasteiger partial charge < -0.3 is 15.4 Å². The fourth-order valence-corrected chi connectivity index (χ4v) is 4.03. The highest BCUT2D eigenvalue weighted by molar-refractivity contribution is 5.81. The Morgan fingerprint density at radius 2 is 1.62 bits per heavy atom. The van der Waals surface area contributed by atoms with Crippen LogP contribution >= 0.6 is 0 Å². The minimum Gasteiger partial charge on any atom is -0.481 e. The monoisotopic (exact) mass is 360 g/mol. The van der Waals surface area contributed by atoms with Crippen molar-refractivity contribution < 1.29 is 9.53 Å². The highest BCUT2D eigenvalue weighted by Gasteiger charge is 2.38. The second-order valence-electron chi connectivity index (χ2n) is 10.0. The molecule has 1 atom stereocenters. The molecule has 1 heterocycles. The van der Waals surface area contributed by atoms with Gasteiger partial charge in [-0.25, -0.2) is 0 Å². The summed E-state index contributed by atoms with van der Waals surface area (Å²) in [6.45, 7) is 17.1. The molecule has 0 saturated carbocycles. The summed E-state index contributed by atoms with van der Waals surface area (Å²) in [6.07, 6.45) is 1.31. The first-order valence-corrected chi connectivity index (χ1v) is 9.64. The molecular weight excluding hydrogens is 324 g/mol. The number of nitrogens with one attached hydrogen (secondary N) is 2. The Hall–Kier alpha value is -1.55. The number of ether oxygens (including phenoxy) is 1. The highest BCUT2D eigenvalue weighted by Crippen LogP contribution is 2.29. The van der Waals surface area contributed by atoms with Crippen molar-refractivity contribution in [2.45, 2.75) is 96.9 Å². The van der Waals surface area contributed by atoms with Crippen LogP contribution in [0, 0.1) is 0 Å². The number of carbonyl (C=O) groups is 1. The SMILES string of the molecule is C[C@H](Oc1ccc(C(C)(C)C)cc1)C(=O)NC1CC(C)(C)NC(C)(C)C1. The Morgan fingerprint density at radius 1 is 1.12 bits per heavy atom. The molecule has 1 aromatic carbocycles. The molecule has 1 aliphatic rings. The molecule has 1 fully saturated rings. The van der Waals surface area contributed by atoms with Gasteiger partial charge in [0, 0.05) is 17.1 Å². The molecule has 0 radical (unpaired) electrons. The first kappa shape index (κ1) is 20.8. The van der Waals surface area contributed by atoms with E-state index >= 15 is 0 Å². The zero-order valence-corrected chi connectivity index (χ0v) is 17.7. The predicted molar refractivity (Wildman–Crippen MR) is 108 cm³/mol. The van der Waals surface area contributed by atoms with Crippen molar-refractivity contribution in [3.63, 3.8) is 0 Å². The summed E-state index contributed by atoms with van der Waals surface area (Å²) >= 11 is 0. The molecule has 146 valence electrons. The summed E-state index contributed by atoms with van der Waals surface area (Å²) in [6, 6.07) is 8.18. The van der Waals surface area contributed by atoms with Gasteiger partial charge in [-0.1, -0.05) is 32.9 Å². The molecule has 0 bridgehead atoms. The molecule has 2 rings (SSSR count). The van der Waals surface area contributed by atoms with E-state index in [0.29, 0.717) is 0 Å². The maximum atomic E-state index is 12.6.